The Morgan fingerprint density at radius 2 is 2.09 bits per heavy atom. The summed E-state index contributed by atoms with van der Waals surface area (Å²) in [6.07, 6.45) is 4.51. The molecule has 0 atom stereocenters. The van der Waals surface area contributed by atoms with Gasteiger partial charge in [-0.2, -0.15) is 0 Å². The molecule has 0 spiro atoms. The van der Waals surface area contributed by atoms with Crippen molar-refractivity contribution in [2.45, 2.75) is 36.8 Å². The van der Waals surface area contributed by atoms with Crippen LogP contribution < -0.4 is 0 Å². The Morgan fingerprint density at radius 1 is 1.39 bits per heavy atom. The smallest absolute Gasteiger partial charge is 0.182 e. The molecule has 2 aromatic heterocycles. The van der Waals surface area contributed by atoms with Crippen molar-refractivity contribution in [1.82, 2.24) is 9.97 Å². The van der Waals surface area contributed by atoms with Gasteiger partial charge in [-0.1, -0.05) is 12.7 Å². The maximum Gasteiger partial charge on any atom is 0.182 e. The molecule has 0 bridgehead atoms. The number of ketones is 1. The van der Waals surface area contributed by atoms with Crippen LogP contribution in [0.4, 0.5) is 0 Å². The van der Waals surface area contributed by atoms with Gasteiger partial charge in [0.05, 0.1) is 27.2 Å². The van der Waals surface area contributed by atoms with Crippen molar-refractivity contribution in [2.75, 3.05) is 0 Å². The summed E-state index contributed by atoms with van der Waals surface area (Å²) >= 11 is 0. The summed E-state index contributed by atoms with van der Waals surface area (Å²) in [7, 11) is -3.24. The highest BCUT2D eigenvalue weighted by molar-refractivity contribution is 7.92. The van der Waals surface area contributed by atoms with Crippen LogP contribution in [0.1, 0.15) is 41.4 Å². The van der Waals surface area contributed by atoms with Gasteiger partial charge in [0.1, 0.15) is 0 Å². The highest BCUT2D eigenvalue weighted by atomic mass is 32.2. The standard InChI is InChI=1S/C17H18N2O3S/c1-4-14-10(2)16(11(3)20)19-17(14)15-8-7-13(9-18-15)23(21,22)12-5-6-12/h4,7-9,12,19H,1,5-6H2,2-3H3. The summed E-state index contributed by atoms with van der Waals surface area (Å²) in [6.45, 7) is 7.13. The molecule has 1 aliphatic rings. The fourth-order valence-electron chi connectivity index (χ4n) is 2.68. The number of aromatic nitrogens is 2. The first-order chi connectivity index (χ1) is 10.9. The molecule has 6 heteroatoms. The van der Waals surface area contributed by atoms with E-state index in [1.165, 1.54) is 13.1 Å². The molecule has 0 aliphatic heterocycles. The van der Waals surface area contributed by atoms with E-state index in [2.05, 4.69) is 16.5 Å². The van der Waals surface area contributed by atoms with Crippen LogP contribution in [0.3, 0.4) is 0 Å². The molecular formula is C17H18N2O3S. The number of rotatable bonds is 5. The first kappa shape index (κ1) is 15.7. The molecule has 0 saturated heterocycles. The summed E-state index contributed by atoms with van der Waals surface area (Å²) < 4.78 is 24.4. The lowest BCUT2D eigenvalue weighted by molar-refractivity contribution is 0.101. The molecule has 0 radical (unpaired) electrons. The van der Waals surface area contributed by atoms with Gasteiger partial charge < -0.3 is 4.98 Å². The van der Waals surface area contributed by atoms with E-state index in [-0.39, 0.29) is 15.9 Å². The third kappa shape index (κ3) is 2.63. The number of carbonyl (C=O) groups is 1. The SMILES string of the molecule is C=Cc1c(-c2ccc(S(=O)(=O)C3CC3)cn2)[nH]c(C(C)=O)c1C. The molecule has 1 aliphatic carbocycles. The van der Waals surface area contributed by atoms with Gasteiger partial charge in [-0.15, -0.1) is 0 Å². The van der Waals surface area contributed by atoms with Gasteiger partial charge in [0.15, 0.2) is 15.6 Å². The molecule has 1 N–H and O–H groups in total. The van der Waals surface area contributed by atoms with Crippen LogP contribution in [0.5, 0.6) is 0 Å². The minimum Gasteiger partial charge on any atom is -0.350 e. The zero-order valence-electron chi connectivity index (χ0n) is 13.1. The summed E-state index contributed by atoms with van der Waals surface area (Å²) in [5, 5.41) is -0.254. The van der Waals surface area contributed by atoms with Crippen LogP contribution >= 0.6 is 0 Å². The highest BCUT2D eigenvalue weighted by Gasteiger charge is 2.37. The lowest BCUT2D eigenvalue weighted by atomic mass is 10.1. The van der Waals surface area contributed by atoms with E-state index in [1.807, 2.05) is 6.92 Å². The van der Waals surface area contributed by atoms with E-state index in [4.69, 9.17) is 0 Å². The fraction of sp³-hybridized carbons (Fsp3) is 0.294. The number of Topliss-reactive ketones (excluding diaryl/α,β-unsaturated/α-hetero) is 1. The summed E-state index contributed by atoms with van der Waals surface area (Å²) in [4.78, 5) is 19.3. The minimum absolute atomic E-state index is 0.0650. The van der Waals surface area contributed by atoms with E-state index in [9.17, 15) is 13.2 Å². The van der Waals surface area contributed by atoms with Gasteiger partial charge in [0, 0.05) is 18.7 Å². The largest absolute Gasteiger partial charge is 0.350 e. The average Bonchev–Trinajstić information content (AvgIpc) is 3.31. The number of pyridine rings is 1. The van der Waals surface area contributed by atoms with Crippen molar-refractivity contribution in [3.63, 3.8) is 0 Å². The van der Waals surface area contributed by atoms with Gasteiger partial charge in [-0.3, -0.25) is 9.78 Å². The van der Waals surface area contributed by atoms with Crippen LogP contribution in [0.15, 0.2) is 29.8 Å². The van der Waals surface area contributed by atoms with E-state index in [0.29, 0.717) is 17.1 Å². The van der Waals surface area contributed by atoms with Crippen LogP contribution in [-0.2, 0) is 9.84 Å². The molecule has 5 nitrogen and oxygen atoms in total. The van der Waals surface area contributed by atoms with Crippen LogP contribution in [-0.4, -0.2) is 29.4 Å². The number of aromatic amines is 1. The molecule has 120 valence electrons. The molecule has 1 fully saturated rings. The first-order valence-corrected chi connectivity index (χ1v) is 8.97. The normalized spacial score (nSPS) is 14.7. The number of H-pyrrole nitrogens is 1. The molecule has 3 rings (SSSR count). The van der Waals surface area contributed by atoms with Crippen molar-refractivity contribution >= 4 is 21.7 Å². The zero-order chi connectivity index (χ0) is 16.8. The van der Waals surface area contributed by atoms with E-state index >= 15 is 0 Å². The molecule has 23 heavy (non-hydrogen) atoms. The van der Waals surface area contributed by atoms with Gasteiger partial charge in [-0.25, -0.2) is 8.42 Å². The van der Waals surface area contributed by atoms with E-state index in [0.717, 1.165) is 24.0 Å². The van der Waals surface area contributed by atoms with Gasteiger partial charge in [0.25, 0.3) is 0 Å². The topological polar surface area (TPSA) is 79.9 Å². The van der Waals surface area contributed by atoms with E-state index in [1.54, 1.807) is 18.2 Å². The first-order valence-electron chi connectivity index (χ1n) is 7.42. The number of carbonyl (C=O) groups excluding carboxylic acids is 1. The number of sulfone groups is 1. The highest BCUT2D eigenvalue weighted by Crippen LogP contribution is 2.34. The summed E-state index contributed by atoms with van der Waals surface area (Å²) in [6, 6.07) is 3.24. The maximum absolute atomic E-state index is 12.2. The van der Waals surface area contributed by atoms with E-state index < -0.39 is 9.84 Å². The molecule has 0 aromatic carbocycles. The number of nitrogens with one attached hydrogen (secondary N) is 1. The number of hydrogen-bond donors (Lipinski definition) is 1. The third-order valence-corrected chi connectivity index (χ3v) is 6.39. The Balaban J connectivity index is 2.04. The van der Waals surface area contributed by atoms with Gasteiger partial charge >= 0.3 is 0 Å². The Hall–Kier alpha value is -2.21. The van der Waals surface area contributed by atoms with Gasteiger partial charge in [-0.05, 0) is 37.5 Å². The molecule has 2 heterocycles. The Labute approximate surface area is 135 Å². The quantitative estimate of drug-likeness (QED) is 0.854. The van der Waals surface area contributed by atoms with Crippen molar-refractivity contribution in [3.8, 4) is 11.4 Å². The number of hydrogen-bond acceptors (Lipinski definition) is 4. The maximum atomic E-state index is 12.2. The van der Waals surface area contributed by atoms with Crippen LogP contribution in [0, 0.1) is 6.92 Å². The zero-order valence-corrected chi connectivity index (χ0v) is 13.9. The molecule has 2 aromatic rings. The van der Waals surface area contributed by atoms with Crippen molar-refractivity contribution in [1.29, 1.82) is 0 Å². The lowest BCUT2D eigenvalue weighted by Gasteiger charge is -2.04. The predicted molar refractivity (Wildman–Crippen MR) is 89.1 cm³/mol. The minimum atomic E-state index is -3.24. The van der Waals surface area contributed by atoms with Crippen molar-refractivity contribution < 1.29 is 13.2 Å². The lowest BCUT2D eigenvalue weighted by Crippen LogP contribution is -2.07. The summed E-state index contributed by atoms with van der Waals surface area (Å²) in [5.74, 6) is -0.0650. The number of nitrogens with zero attached hydrogens (tertiary/aromatic N) is 1. The van der Waals surface area contributed by atoms with Crippen molar-refractivity contribution in [2.24, 2.45) is 0 Å². The Bertz CT molecular complexity index is 889. The van der Waals surface area contributed by atoms with Crippen LogP contribution in [0.2, 0.25) is 0 Å². The van der Waals surface area contributed by atoms with Gasteiger partial charge in [0.2, 0.25) is 0 Å². The predicted octanol–water partition coefficient (Wildman–Crippen LogP) is 3.17. The van der Waals surface area contributed by atoms with Crippen LogP contribution in [0.25, 0.3) is 17.5 Å². The molecule has 1 saturated carbocycles. The third-order valence-electron chi connectivity index (χ3n) is 4.14. The second-order valence-electron chi connectivity index (χ2n) is 5.80. The van der Waals surface area contributed by atoms with Crippen molar-refractivity contribution in [3.05, 3.63) is 41.7 Å². The molecular weight excluding hydrogens is 312 g/mol. The molecule has 0 amide bonds. The molecule has 0 unspecified atom stereocenters. The summed E-state index contributed by atoms with van der Waals surface area (Å²) in [5.41, 5.74) is 3.41. The second kappa shape index (κ2) is 5.45. The fourth-order valence-corrected chi connectivity index (χ4v) is 4.28. The average molecular weight is 330 g/mol. The second-order valence-corrected chi connectivity index (χ2v) is 8.03. The monoisotopic (exact) mass is 330 g/mol. The Morgan fingerprint density at radius 3 is 2.57 bits per heavy atom. The Kier molecular flexibility index (Phi) is 3.72.